The number of rotatable bonds is 3. The number of nitrogens with zero attached hydrogens (tertiary/aromatic N) is 4. The predicted octanol–water partition coefficient (Wildman–Crippen LogP) is 2.60. The third-order valence-corrected chi connectivity index (χ3v) is 5.22. The first-order valence-electron chi connectivity index (χ1n) is 6.89. The van der Waals surface area contributed by atoms with Gasteiger partial charge in [0.2, 0.25) is 5.95 Å². The van der Waals surface area contributed by atoms with Gasteiger partial charge in [-0.25, -0.2) is 9.67 Å². The summed E-state index contributed by atoms with van der Waals surface area (Å²) >= 11 is 1.96. The molecule has 1 aliphatic carbocycles. The zero-order valence-corrected chi connectivity index (χ0v) is 12.6. The number of hydrogen-bond donors (Lipinski definition) is 1. The van der Waals surface area contributed by atoms with Gasteiger partial charge in [0, 0.05) is 17.8 Å². The highest BCUT2D eigenvalue weighted by molar-refractivity contribution is 7.99. The molecule has 1 fully saturated rings. The van der Waals surface area contributed by atoms with Gasteiger partial charge in [-0.3, -0.25) is 4.57 Å². The smallest absolute Gasteiger partial charge is 0.202 e. The van der Waals surface area contributed by atoms with Crippen molar-refractivity contribution in [3.8, 4) is 0 Å². The van der Waals surface area contributed by atoms with Gasteiger partial charge in [-0.15, -0.1) is 0 Å². The molecule has 0 aliphatic heterocycles. The van der Waals surface area contributed by atoms with Crippen LogP contribution >= 0.6 is 11.8 Å². The molecule has 3 rings (SSSR count). The first-order valence-corrected chi connectivity index (χ1v) is 8.18. The Balaban J connectivity index is 2.10. The number of imidazole rings is 1. The normalized spacial score (nSPS) is 23.5. The van der Waals surface area contributed by atoms with Crippen LogP contribution in [0.3, 0.4) is 0 Å². The molecule has 1 saturated carbocycles. The third-order valence-electron chi connectivity index (χ3n) is 4.13. The molecule has 0 amide bonds. The number of nitrogens with two attached hydrogens (primary N) is 1. The molecular weight excluding hydrogens is 258 g/mol. The van der Waals surface area contributed by atoms with E-state index in [4.69, 9.17) is 5.73 Å². The number of aryl methyl sites for hydroxylation is 2. The summed E-state index contributed by atoms with van der Waals surface area (Å²) in [6.07, 6.45) is 5.84. The fourth-order valence-corrected chi connectivity index (χ4v) is 3.94. The van der Waals surface area contributed by atoms with Crippen LogP contribution in [0.25, 0.3) is 11.2 Å². The Kier molecular flexibility index (Phi) is 3.20. The standard InChI is InChI=1S/C13H21N5S/c1-4-17-12-11(8(2)16-17)15-13(14)18(12)9-5-6-10(7-9)19-3/h9-10H,4-7H2,1-3H3,(H2,14,15). The van der Waals surface area contributed by atoms with Crippen LogP contribution in [-0.2, 0) is 6.54 Å². The molecule has 0 radical (unpaired) electrons. The van der Waals surface area contributed by atoms with Crippen molar-refractivity contribution < 1.29 is 0 Å². The third kappa shape index (κ3) is 1.93. The van der Waals surface area contributed by atoms with E-state index in [0.717, 1.165) is 28.7 Å². The molecule has 2 N–H and O–H groups in total. The largest absolute Gasteiger partial charge is 0.369 e. The highest BCUT2D eigenvalue weighted by Gasteiger charge is 2.29. The maximum absolute atomic E-state index is 6.16. The molecule has 1 aliphatic rings. The average molecular weight is 279 g/mol. The Morgan fingerprint density at radius 3 is 2.84 bits per heavy atom. The van der Waals surface area contributed by atoms with Crippen LogP contribution in [0, 0.1) is 6.92 Å². The van der Waals surface area contributed by atoms with Crippen molar-refractivity contribution in [3.63, 3.8) is 0 Å². The van der Waals surface area contributed by atoms with Gasteiger partial charge in [0.1, 0.15) is 5.52 Å². The Bertz CT molecular complexity index is 600. The molecule has 6 heteroatoms. The van der Waals surface area contributed by atoms with Crippen LogP contribution < -0.4 is 5.73 Å². The Morgan fingerprint density at radius 1 is 1.42 bits per heavy atom. The van der Waals surface area contributed by atoms with Gasteiger partial charge >= 0.3 is 0 Å². The number of anilines is 1. The lowest BCUT2D eigenvalue weighted by molar-refractivity contribution is 0.521. The van der Waals surface area contributed by atoms with E-state index >= 15 is 0 Å². The summed E-state index contributed by atoms with van der Waals surface area (Å²) in [7, 11) is 0. The molecule has 0 saturated heterocycles. The highest BCUT2D eigenvalue weighted by atomic mass is 32.2. The van der Waals surface area contributed by atoms with Crippen molar-refractivity contribution in [1.82, 2.24) is 19.3 Å². The fourth-order valence-electron chi connectivity index (χ4n) is 3.15. The topological polar surface area (TPSA) is 61.7 Å². The van der Waals surface area contributed by atoms with Crippen LogP contribution in [0.1, 0.15) is 37.9 Å². The predicted molar refractivity (Wildman–Crippen MR) is 80.5 cm³/mol. The summed E-state index contributed by atoms with van der Waals surface area (Å²) in [4.78, 5) is 4.53. The molecule has 0 bridgehead atoms. The zero-order chi connectivity index (χ0) is 13.6. The monoisotopic (exact) mass is 279 g/mol. The summed E-state index contributed by atoms with van der Waals surface area (Å²) < 4.78 is 4.25. The van der Waals surface area contributed by atoms with Gasteiger partial charge in [0.15, 0.2) is 5.65 Å². The minimum Gasteiger partial charge on any atom is -0.369 e. The second-order valence-corrected chi connectivity index (χ2v) is 6.38. The fraction of sp³-hybridized carbons (Fsp3) is 0.692. The molecule has 2 atom stereocenters. The summed E-state index contributed by atoms with van der Waals surface area (Å²) in [6.45, 7) is 4.97. The Morgan fingerprint density at radius 2 is 2.21 bits per heavy atom. The van der Waals surface area contributed by atoms with Crippen molar-refractivity contribution >= 4 is 28.9 Å². The molecular formula is C13H21N5S. The molecule has 2 heterocycles. The molecule has 2 aromatic rings. The van der Waals surface area contributed by atoms with Crippen molar-refractivity contribution in [3.05, 3.63) is 5.69 Å². The zero-order valence-electron chi connectivity index (χ0n) is 11.8. The van der Waals surface area contributed by atoms with E-state index in [1.165, 1.54) is 19.3 Å². The van der Waals surface area contributed by atoms with Gasteiger partial charge in [0.25, 0.3) is 0 Å². The molecule has 104 valence electrons. The first kappa shape index (κ1) is 12.8. The first-order chi connectivity index (χ1) is 9.15. The minimum absolute atomic E-state index is 0.476. The maximum atomic E-state index is 6.16. The number of nitrogen functional groups attached to an aromatic ring is 1. The van der Waals surface area contributed by atoms with E-state index in [1.54, 1.807) is 0 Å². The molecule has 19 heavy (non-hydrogen) atoms. The minimum atomic E-state index is 0.476. The van der Waals surface area contributed by atoms with Crippen LogP contribution in [0.5, 0.6) is 0 Å². The summed E-state index contributed by atoms with van der Waals surface area (Å²) in [5, 5.41) is 5.30. The summed E-state index contributed by atoms with van der Waals surface area (Å²) in [5.41, 5.74) is 9.20. The van der Waals surface area contributed by atoms with Crippen LogP contribution in [-0.4, -0.2) is 30.8 Å². The van der Waals surface area contributed by atoms with Crippen LogP contribution in [0.15, 0.2) is 0 Å². The number of hydrogen-bond acceptors (Lipinski definition) is 4. The van der Waals surface area contributed by atoms with E-state index in [-0.39, 0.29) is 0 Å². The van der Waals surface area contributed by atoms with Crippen LogP contribution in [0.2, 0.25) is 0 Å². The second-order valence-electron chi connectivity index (χ2n) is 5.24. The SMILES string of the molecule is CCn1nc(C)c2nc(N)n(C3CCC(SC)C3)c21. The molecule has 0 aromatic carbocycles. The summed E-state index contributed by atoms with van der Waals surface area (Å²) in [6, 6.07) is 0.476. The Labute approximate surface area is 117 Å². The van der Waals surface area contributed by atoms with Gasteiger partial charge in [-0.1, -0.05) is 0 Å². The van der Waals surface area contributed by atoms with E-state index < -0.39 is 0 Å². The van der Waals surface area contributed by atoms with E-state index in [1.807, 2.05) is 23.4 Å². The molecule has 2 unspecified atom stereocenters. The molecule has 0 spiro atoms. The van der Waals surface area contributed by atoms with Crippen molar-refractivity contribution in [1.29, 1.82) is 0 Å². The van der Waals surface area contributed by atoms with Gasteiger partial charge in [-0.05, 0) is 39.4 Å². The lowest BCUT2D eigenvalue weighted by atomic mass is 10.2. The maximum Gasteiger partial charge on any atom is 0.202 e. The lowest BCUT2D eigenvalue weighted by Gasteiger charge is -2.15. The van der Waals surface area contributed by atoms with Gasteiger partial charge in [-0.2, -0.15) is 16.9 Å². The van der Waals surface area contributed by atoms with E-state index in [2.05, 4.69) is 27.8 Å². The quantitative estimate of drug-likeness (QED) is 0.938. The van der Waals surface area contributed by atoms with Gasteiger partial charge < -0.3 is 5.73 Å². The second kappa shape index (κ2) is 4.74. The van der Waals surface area contributed by atoms with Crippen molar-refractivity contribution in [2.45, 2.75) is 50.9 Å². The highest BCUT2D eigenvalue weighted by Crippen LogP contribution is 2.39. The number of aromatic nitrogens is 4. The average Bonchev–Trinajstić information content (AvgIpc) is 3.05. The van der Waals surface area contributed by atoms with Crippen LogP contribution in [0.4, 0.5) is 5.95 Å². The van der Waals surface area contributed by atoms with Crippen molar-refractivity contribution in [2.24, 2.45) is 0 Å². The van der Waals surface area contributed by atoms with E-state index in [0.29, 0.717) is 12.0 Å². The summed E-state index contributed by atoms with van der Waals surface area (Å²) in [5.74, 6) is 0.643. The van der Waals surface area contributed by atoms with Gasteiger partial charge in [0.05, 0.1) is 5.69 Å². The number of fused-ring (bicyclic) bond motifs is 1. The lowest BCUT2D eigenvalue weighted by Crippen LogP contribution is -2.13. The van der Waals surface area contributed by atoms with E-state index in [9.17, 15) is 0 Å². The van der Waals surface area contributed by atoms with Crippen molar-refractivity contribution in [2.75, 3.05) is 12.0 Å². The molecule has 2 aromatic heterocycles. The molecule has 5 nitrogen and oxygen atoms in total. The Hall–Kier alpha value is -1.17. The number of thioether (sulfide) groups is 1.